The molecule has 0 radical (unpaired) electrons. The Morgan fingerprint density at radius 2 is 1.87 bits per heavy atom. The fourth-order valence-electron chi connectivity index (χ4n) is 5.23. The lowest BCUT2D eigenvalue weighted by atomic mass is 10.1. The molecule has 1 fully saturated rings. The molecule has 1 aliphatic heterocycles. The van der Waals surface area contributed by atoms with Gasteiger partial charge >= 0.3 is 6.61 Å². The minimum atomic E-state index is -3.96. The number of alkyl halides is 2. The van der Waals surface area contributed by atoms with Crippen LogP contribution in [0.5, 0.6) is 17.2 Å². The zero-order valence-electron chi connectivity index (χ0n) is 24.3. The molecule has 3 heterocycles. The van der Waals surface area contributed by atoms with Gasteiger partial charge in [-0.05, 0) is 73.9 Å². The summed E-state index contributed by atoms with van der Waals surface area (Å²) in [5.41, 5.74) is 7.78. The van der Waals surface area contributed by atoms with Gasteiger partial charge in [-0.25, -0.2) is 17.5 Å². The molecule has 1 saturated heterocycles. The molecular weight excluding hydrogens is 627 g/mol. The Hall–Kier alpha value is -5.02. The lowest BCUT2D eigenvalue weighted by Crippen LogP contribution is -2.33. The number of hydrogen-bond acceptors (Lipinski definition) is 8. The van der Waals surface area contributed by atoms with Crippen LogP contribution in [0.3, 0.4) is 0 Å². The summed E-state index contributed by atoms with van der Waals surface area (Å²) in [4.78, 5) is 16.5. The number of nitrogens with zero attached hydrogens (tertiary/aromatic N) is 2. The van der Waals surface area contributed by atoms with Crippen molar-refractivity contribution >= 4 is 38.2 Å². The number of nitrogens with two attached hydrogens (primary N) is 1. The van der Waals surface area contributed by atoms with Crippen LogP contribution in [0.15, 0.2) is 66.9 Å². The normalized spacial score (nSPS) is 14.1. The van der Waals surface area contributed by atoms with Crippen LogP contribution in [0.1, 0.15) is 34.5 Å². The fourth-order valence-corrected chi connectivity index (χ4v) is 6.68. The van der Waals surface area contributed by atoms with E-state index in [1.165, 1.54) is 41.2 Å². The molecule has 2 aromatic heterocycles. The summed E-state index contributed by atoms with van der Waals surface area (Å²) in [6, 6.07) is 14.9. The number of carbonyl (C=O) groups excluding carboxylic acids is 1. The number of benzene rings is 3. The van der Waals surface area contributed by atoms with E-state index < -0.39 is 39.2 Å². The number of ether oxygens (including phenoxy) is 3. The number of aromatic nitrogens is 3. The Morgan fingerprint density at radius 3 is 2.59 bits per heavy atom. The Labute approximate surface area is 261 Å². The highest BCUT2D eigenvalue weighted by Gasteiger charge is 2.29. The molecule has 3 aromatic carbocycles. The molecule has 0 amide bonds. The number of para-hydroxylation sites is 1. The Kier molecular flexibility index (Phi) is 8.35. The molecule has 11 nitrogen and oxygen atoms in total. The minimum absolute atomic E-state index is 0.0289. The number of ketones is 1. The molecule has 4 N–H and O–H groups in total. The number of halogens is 3. The standard InChI is InChI=1S/C31H28F3N5O6S/c1-17-12-19(44-27-5-3-2-4-22(27)32)6-7-26(17)39-30(35)21(16-36-39)29(40)25-13-18-14-28(45-31(33)34)24(15-23(18)37-25)38-46(41,42)20-8-10-43-11-9-20/h2-7,12-16,20,31,37-38H,8-11,35H2,1H3. The number of aryl methyl sites for hydroxylation is 1. The van der Waals surface area contributed by atoms with E-state index in [1.54, 1.807) is 37.3 Å². The predicted octanol–water partition coefficient (Wildman–Crippen LogP) is 5.93. The number of anilines is 2. The highest BCUT2D eigenvalue weighted by atomic mass is 32.2. The monoisotopic (exact) mass is 655 g/mol. The molecule has 6 rings (SSSR count). The summed E-state index contributed by atoms with van der Waals surface area (Å²) in [5.74, 6) is -0.974. The molecule has 5 aromatic rings. The van der Waals surface area contributed by atoms with E-state index in [0.717, 1.165) is 0 Å². The van der Waals surface area contributed by atoms with Crippen molar-refractivity contribution in [2.45, 2.75) is 31.6 Å². The van der Waals surface area contributed by atoms with Gasteiger partial charge in [-0.1, -0.05) is 12.1 Å². The van der Waals surface area contributed by atoms with Crippen molar-refractivity contribution in [1.82, 2.24) is 14.8 Å². The quantitative estimate of drug-likeness (QED) is 0.157. The van der Waals surface area contributed by atoms with Crippen molar-refractivity contribution in [2.75, 3.05) is 23.7 Å². The van der Waals surface area contributed by atoms with Crippen molar-refractivity contribution in [3.05, 3.63) is 89.5 Å². The van der Waals surface area contributed by atoms with Crippen LogP contribution in [0.2, 0.25) is 0 Å². The predicted molar refractivity (Wildman–Crippen MR) is 164 cm³/mol. The third-order valence-corrected chi connectivity index (χ3v) is 9.41. The van der Waals surface area contributed by atoms with Crippen LogP contribution in [0.25, 0.3) is 16.6 Å². The van der Waals surface area contributed by atoms with Gasteiger partial charge in [0.1, 0.15) is 11.6 Å². The summed E-state index contributed by atoms with van der Waals surface area (Å²) in [6.45, 7) is -0.919. The molecule has 0 unspecified atom stereocenters. The summed E-state index contributed by atoms with van der Waals surface area (Å²) >= 11 is 0. The van der Waals surface area contributed by atoms with Crippen molar-refractivity contribution in [3.63, 3.8) is 0 Å². The van der Waals surface area contributed by atoms with E-state index in [9.17, 15) is 26.4 Å². The number of carbonyl (C=O) groups is 1. The van der Waals surface area contributed by atoms with Gasteiger partial charge in [0.15, 0.2) is 17.3 Å². The lowest BCUT2D eigenvalue weighted by Gasteiger charge is -2.23. The van der Waals surface area contributed by atoms with Gasteiger partial charge in [-0.2, -0.15) is 13.9 Å². The molecule has 1 aliphatic rings. The maximum absolute atomic E-state index is 14.0. The second-order valence-electron chi connectivity index (χ2n) is 10.6. The third-order valence-electron chi connectivity index (χ3n) is 7.55. The average molecular weight is 656 g/mol. The van der Waals surface area contributed by atoms with Gasteiger partial charge in [0.25, 0.3) is 0 Å². The van der Waals surface area contributed by atoms with Gasteiger partial charge in [0.05, 0.1) is 34.1 Å². The minimum Gasteiger partial charge on any atom is -0.454 e. The number of H-pyrrole nitrogens is 1. The fraction of sp³-hybridized carbons (Fsp3) is 0.226. The van der Waals surface area contributed by atoms with E-state index in [1.807, 2.05) is 0 Å². The molecule has 46 heavy (non-hydrogen) atoms. The van der Waals surface area contributed by atoms with E-state index in [4.69, 9.17) is 15.2 Å². The molecule has 240 valence electrons. The van der Waals surface area contributed by atoms with E-state index in [2.05, 4.69) is 19.5 Å². The van der Waals surface area contributed by atoms with Crippen molar-refractivity contribution in [1.29, 1.82) is 0 Å². The van der Waals surface area contributed by atoms with Crippen LogP contribution >= 0.6 is 0 Å². The summed E-state index contributed by atoms with van der Waals surface area (Å²) in [6.07, 6.45) is 1.80. The van der Waals surface area contributed by atoms with Crippen LogP contribution in [0, 0.1) is 12.7 Å². The van der Waals surface area contributed by atoms with Crippen molar-refractivity contribution in [3.8, 4) is 22.9 Å². The van der Waals surface area contributed by atoms with E-state index in [0.29, 0.717) is 27.9 Å². The topological polar surface area (TPSA) is 151 Å². The third kappa shape index (κ3) is 6.23. The van der Waals surface area contributed by atoms with Crippen LogP contribution in [-0.2, 0) is 14.8 Å². The van der Waals surface area contributed by atoms with E-state index in [-0.39, 0.29) is 54.6 Å². The second-order valence-corrected chi connectivity index (χ2v) is 12.6. The molecule has 15 heteroatoms. The highest BCUT2D eigenvalue weighted by molar-refractivity contribution is 7.93. The Bertz CT molecular complexity index is 2040. The first-order chi connectivity index (χ1) is 22.0. The Balaban J connectivity index is 1.27. The summed E-state index contributed by atoms with van der Waals surface area (Å²) in [7, 11) is -3.96. The maximum atomic E-state index is 14.0. The SMILES string of the molecule is Cc1cc(Oc2ccccc2F)ccc1-n1ncc(C(=O)c2cc3cc(OC(F)F)c(NS(=O)(=O)C4CCOCC4)cc3[nH]2)c1N. The number of fused-ring (bicyclic) bond motifs is 1. The number of nitrogens with one attached hydrogen (secondary N) is 2. The number of rotatable bonds is 10. The van der Waals surface area contributed by atoms with E-state index >= 15 is 0 Å². The van der Waals surface area contributed by atoms with Gasteiger partial charge in [0, 0.05) is 24.1 Å². The van der Waals surface area contributed by atoms with Crippen molar-refractivity contribution in [2.24, 2.45) is 0 Å². The molecular formula is C31H28F3N5O6S. The number of nitrogen functional groups attached to an aromatic ring is 1. The smallest absolute Gasteiger partial charge is 0.387 e. The molecule has 0 atom stereocenters. The van der Waals surface area contributed by atoms with Gasteiger partial charge in [0.2, 0.25) is 15.8 Å². The van der Waals surface area contributed by atoms with Crippen LogP contribution in [-0.4, -0.2) is 54.0 Å². The first-order valence-electron chi connectivity index (χ1n) is 14.1. The molecule has 0 saturated carbocycles. The largest absolute Gasteiger partial charge is 0.454 e. The van der Waals surface area contributed by atoms with Crippen LogP contribution < -0.4 is 19.9 Å². The number of aromatic amines is 1. The highest BCUT2D eigenvalue weighted by Crippen LogP contribution is 2.35. The molecule has 0 bridgehead atoms. The lowest BCUT2D eigenvalue weighted by molar-refractivity contribution is -0.0492. The molecule has 0 spiro atoms. The Morgan fingerprint density at radius 1 is 1.11 bits per heavy atom. The summed E-state index contributed by atoms with van der Waals surface area (Å²) in [5, 5.41) is 3.84. The number of hydrogen-bond donors (Lipinski definition) is 3. The van der Waals surface area contributed by atoms with Gasteiger partial charge in [-0.15, -0.1) is 0 Å². The maximum Gasteiger partial charge on any atom is 0.387 e. The van der Waals surface area contributed by atoms with Gasteiger partial charge < -0.3 is 24.9 Å². The van der Waals surface area contributed by atoms with Crippen LogP contribution in [0.4, 0.5) is 24.7 Å². The number of sulfonamides is 1. The zero-order valence-corrected chi connectivity index (χ0v) is 25.1. The summed E-state index contributed by atoms with van der Waals surface area (Å²) < 4.78 is 85.8. The first-order valence-corrected chi connectivity index (χ1v) is 15.7. The van der Waals surface area contributed by atoms with Gasteiger partial charge in [-0.3, -0.25) is 9.52 Å². The average Bonchev–Trinajstić information content (AvgIpc) is 3.61. The zero-order chi connectivity index (χ0) is 32.6. The first kappa shape index (κ1) is 31.0. The van der Waals surface area contributed by atoms with Crippen molar-refractivity contribution < 1.29 is 40.6 Å². The second kappa shape index (κ2) is 12.4. The molecule has 0 aliphatic carbocycles.